The molecular weight excluding hydrogens is 264 g/mol. The molecule has 1 heterocycles. The first-order valence-electron chi connectivity index (χ1n) is 5.67. The Balaban J connectivity index is 2.17. The topological polar surface area (TPSA) is 30.9 Å². The highest BCUT2D eigenvalue weighted by Gasteiger charge is 2.31. The summed E-state index contributed by atoms with van der Waals surface area (Å²) in [6.07, 6.45) is 4.75. The summed E-state index contributed by atoms with van der Waals surface area (Å²) in [5, 5.41) is 1.30. The van der Waals surface area contributed by atoms with Gasteiger partial charge in [-0.05, 0) is 36.5 Å². The number of hydrogen-bond donors (Lipinski definition) is 1. The van der Waals surface area contributed by atoms with Gasteiger partial charge in [-0.2, -0.15) is 0 Å². The maximum Gasteiger partial charge on any atom is 0.0492 e. The van der Waals surface area contributed by atoms with Crippen LogP contribution in [0, 0.1) is 5.92 Å². The summed E-state index contributed by atoms with van der Waals surface area (Å²) in [4.78, 5) is 0. The molecule has 1 aromatic carbocycles. The number of benzene rings is 1. The van der Waals surface area contributed by atoms with Crippen LogP contribution in [0.1, 0.15) is 24.4 Å². The van der Waals surface area contributed by atoms with E-state index in [1.165, 1.54) is 29.3 Å². The molecule has 0 saturated heterocycles. The van der Waals surface area contributed by atoms with Crippen molar-refractivity contribution in [1.82, 2.24) is 4.57 Å². The maximum absolute atomic E-state index is 6.29. The van der Waals surface area contributed by atoms with Crippen LogP contribution in [0.15, 0.2) is 28.9 Å². The van der Waals surface area contributed by atoms with Crippen LogP contribution in [-0.2, 0) is 7.05 Å². The number of hydrogen-bond acceptors (Lipinski definition) is 1. The van der Waals surface area contributed by atoms with Gasteiger partial charge >= 0.3 is 0 Å². The average Bonchev–Trinajstić information content (AvgIpc) is 3.05. The number of nitrogens with two attached hydrogens (primary N) is 1. The molecule has 0 bridgehead atoms. The van der Waals surface area contributed by atoms with Crippen molar-refractivity contribution in [2.45, 2.75) is 18.9 Å². The van der Waals surface area contributed by atoms with E-state index in [0.29, 0.717) is 5.92 Å². The van der Waals surface area contributed by atoms with E-state index >= 15 is 0 Å². The van der Waals surface area contributed by atoms with Gasteiger partial charge in [0.05, 0.1) is 0 Å². The summed E-state index contributed by atoms with van der Waals surface area (Å²) in [5.74, 6) is 0.703. The Morgan fingerprint density at radius 2 is 2.19 bits per heavy atom. The van der Waals surface area contributed by atoms with Gasteiger partial charge in [-0.15, -0.1) is 0 Å². The maximum atomic E-state index is 6.29. The van der Waals surface area contributed by atoms with E-state index in [1.54, 1.807) is 0 Å². The minimum atomic E-state index is 0.213. The molecule has 1 aliphatic carbocycles. The molecule has 1 unspecified atom stereocenters. The highest BCUT2D eigenvalue weighted by molar-refractivity contribution is 9.10. The SMILES string of the molecule is Cn1cc(C(N)C2CC2)c2ccc(Br)cc21. The fourth-order valence-electron chi connectivity index (χ4n) is 2.36. The highest BCUT2D eigenvalue weighted by Crippen LogP contribution is 2.41. The molecule has 3 rings (SSSR count). The third-order valence-electron chi connectivity index (χ3n) is 3.47. The number of aryl methyl sites for hydroxylation is 1. The van der Waals surface area contributed by atoms with Gasteiger partial charge in [0.1, 0.15) is 0 Å². The second-order valence-corrected chi connectivity index (χ2v) is 5.64. The molecule has 1 aromatic heterocycles. The molecule has 0 radical (unpaired) electrons. The summed E-state index contributed by atoms with van der Waals surface area (Å²) in [7, 11) is 2.08. The first-order valence-corrected chi connectivity index (χ1v) is 6.46. The van der Waals surface area contributed by atoms with Crippen molar-refractivity contribution in [1.29, 1.82) is 0 Å². The number of rotatable bonds is 2. The van der Waals surface area contributed by atoms with Gasteiger partial charge in [0.2, 0.25) is 0 Å². The molecule has 1 aliphatic rings. The molecule has 0 amide bonds. The van der Waals surface area contributed by atoms with Crippen molar-refractivity contribution in [3.8, 4) is 0 Å². The summed E-state index contributed by atoms with van der Waals surface area (Å²) in [5.41, 5.74) is 8.84. The van der Waals surface area contributed by atoms with Crippen LogP contribution in [0.25, 0.3) is 10.9 Å². The largest absolute Gasteiger partial charge is 0.350 e. The Bertz CT molecular complexity index is 540. The Morgan fingerprint density at radius 3 is 2.88 bits per heavy atom. The first-order chi connectivity index (χ1) is 7.66. The summed E-state index contributed by atoms with van der Waals surface area (Å²) < 4.78 is 3.28. The molecule has 16 heavy (non-hydrogen) atoms. The Morgan fingerprint density at radius 1 is 1.44 bits per heavy atom. The molecule has 0 aliphatic heterocycles. The number of nitrogens with zero attached hydrogens (tertiary/aromatic N) is 1. The highest BCUT2D eigenvalue weighted by atomic mass is 79.9. The van der Waals surface area contributed by atoms with Crippen molar-refractivity contribution >= 4 is 26.8 Å². The van der Waals surface area contributed by atoms with E-state index in [0.717, 1.165) is 4.47 Å². The van der Waals surface area contributed by atoms with Crippen molar-refractivity contribution in [2.75, 3.05) is 0 Å². The zero-order valence-corrected chi connectivity index (χ0v) is 10.9. The predicted molar refractivity (Wildman–Crippen MR) is 70.3 cm³/mol. The van der Waals surface area contributed by atoms with Gasteiger partial charge in [-0.3, -0.25) is 0 Å². The lowest BCUT2D eigenvalue weighted by atomic mass is 10.0. The van der Waals surface area contributed by atoms with Gasteiger partial charge in [0.15, 0.2) is 0 Å². The van der Waals surface area contributed by atoms with Crippen molar-refractivity contribution in [3.05, 3.63) is 34.4 Å². The molecule has 2 aromatic rings. The van der Waals surface area contributed by atoms with Crippen molar-refractivity contribution in [3.63, 3.8) is 0 Å². The van der Waals surface area contributed by atoms with Crippen LogP contribution >= 0.6 is 15.9 Å². The van der Waals surface area contributed by atoms with Crippen LogP contribution in [0.4, 0.5) is 0 Å². The minimum Gasteiger partial charge on any atom is -0.350 e. The molecule has 1 atom stereocenters. The van der Waals surface area contributed by atoms with Crippen LogP contribution < -0.4 is 5.73 Å². The number of halogens is 1. The van der Waals surface area contributed by atoms with Crippen LogP contribution in [0.5, 0.6) is 0 Å². The van der Waals surface area contributed by atoms with Gasteiger partial charge in [0.25, 0.3) is 0 Å². The Labute approximate surface area is 104 Å². The minimum absolute atomic E-state index is 0.213. The van der Waals surface area contributed by atoms with Crippen LogP contribution in [-0.4, -0.2) is 4.57 Å². The lowest BCUT2D eigenvalue weighted by Gasteiger charge is -2.08. The number of fused-ring (bicyclic) bond motifs is 1. The zero-order valence-electron chi connectivity index (χ0n) is 9.28. The third-order valence-corrected chi connectivity index (χ3v) is 3.97. The van der Waals surface area contributed by atoms with Gasteiger partial charge < -0.3 is 10.3 Å². The number of aromatic nitrogens is 1. The quantitative estimate of drug-likeness (QED) is 0.898. The first kappa shape index (κ1) is 10.4. The van der Waals surface area contributed by atoms with E-state index in [4.69, 9.17) is 5.73 Å². The van der Waals surface area contributed by atoms with E-state index < -0.39 is 0 Å². The predicted octanol–water partition coefficient (Wildman–Crippen LogP) is 3.35. The van der Waals surface area contributed by atoms with E-state index in [-0.39, 0.29) is 6.04 Å². The van der Waals surface area contributed by atoms with E-state index in [1.807, 2.05) is 0 Å². The molecule has 2 nitrogen and oxygen atoms in total. The molecule has 1 fully saturated rings. The second-order valence-electron chi connectivity index (χ2n) is 4.72. The summed E-state index contributed by atoms with van der Waals surface area (Å²) >= 11 is 3.51. The summed E-state index contributed by atoms with van der Waals surface area (Å²) in [6.45, 7) is 0. The standard InChI is InChI=1S/C13H15BrN2/c1-16-7-11(13(15)8-2-3-8)10-5-4-9(14)6-12(10)16/h4-8,13H,2-3,15H2,1H3. The van der Waals surface area contributed by atoms with E-state index in [2.05, 4.69) is 51.9 Å². The lowest BCUT2D eigenvalue weighted by Crippen LogP contribution is -2.11. The second kappa shape index (κ2) is 3.60. The molecular formula is C13H15BrN2. The van der Waals surface area contributed by atoms with Crippen molar-refractivity contribution in [2.24, 2.45) is 18.7 Å². The Hall–Kier alpha value is -0.800. The monoisotopic (exact) mass is 278 g/mol. The Kier molecular flexibility index (Phi) is 2.33. The van der Waals surface area contributed by atoms with E-state index in [9.17, 15) is 0 Å². The van der Waals surface area contributed by atoms with Crippen LogP contribution in [0.2, 0.25) is 0 Å². The van der Waals surface area contributed by atoms with Gasteiger partial charge in [-0.25, -0.2) is 0 Å². The summed E-state index contributed by atoms with van der Waals surface area (Å²) in [6, 6.07) is 6.62. The average molecular weight is 279 g/mol. The molecule has 3 heteroatoms. The zero-order chi connectivity index (χ0) is 11.3. The van der Waals surface area contributed by atoms with Crippen molar-refractivity contribution < 1.29 is 0 Å². The van der Waals surface area contributed by atoms with Gasteiger partial charge in [-0.1, -0.05) is 22.0 Å². The third kappa shape index (κ3) is 1.59. The van der Waals surface area contributed by atoms with Gasteiger partial charge in [0, 0.05) is 34.7 Å². The smallest absolute Gasteiger partial charge is 0.0492 e. The van der Waals surface area contributed by atoms with Crippen LogP contribution in [0.3, 0.4) is 0 Å². The normalized spacial score (nSPS) is 17.9. The lowest BCUT2D eigenvalue weighted by molar-refractivity contribution is 0.636. The fraction of sp³-hybridized carbons (Fsp3) is 0.385. The fourth-order valence-corrected chi connectivity index (χ4v) is 2.71. The molecule has 1 saturated carbocycles. The molecule has 0 spiro atoms. The molecule has 84 valence electrons. The molecule has 2 N–H and O–H groups in total.